The molecule has 0 atom stereocenters. The van der Waals surface area contributed by atoms with Crippen LogP contribution in [0.2, 0.25) is 5.15 Å². The van der Waals surface area contributed by atoms with Gasteiger partial charge in [0.25, 0.3) is 0 Å². The van der Waals surface area contributed by atoms with Crippen molar-refractivity contribution in [2.75, 3.05) is 0 Å². The zero-order chi connectivity index (χ0) is 11.5. The number of rotatable bonds is 3. The lowest BCUT2D eigenvalue weighted by atomic mass is 10.2. The maximum absolute atomic E-state index is 11.3. The molecule has 0 aliphatic carbocycles. The van der Waals surface area contributed by atoms with Crippen molar-refractivity contribution >= 4 is 28.4 Å². The highest BCUT2D eigenvalue weighted by atomic mass is 35.5. The number of carbonyl (C=O) groups excluding carboxylic acids is 1. The summed E-state index contributed by atoms with van der Waals surface area (Å²) in [5, 5.41) is 0.320. The number of hydrogen-bond acceptors (Lipinski definition) is 3. The van der Waals surface area contributed by atoms with Crippen LogP contribution in [-0.2, 0) is 11.2 Å². The molecular formula is C12H11ClN2O. The molecule has 0 aliphatic rings. The standard InChI is InChI=1S/C12H11ClN2O/c1-2-8(16)7-11-12(13)15-10-6-4-3-5-9(10)14-11/h3-6H,2,7H2,1H3. The number of nitrogens with zero attached hydrogens (tertiary/aromatic N) is 2. The summed E-state index contributed by atoms with van der Waals surface area (Å²) in [6.45, 7) is 1.82. The van der Waals surface area contributed by atoms with Gasteiger partial charge in [0.15, 0.2) is 5.15 Å². The molecular weight excluding hydrogens is 224 g/mol. The van der Waals surface area contributed by atoms with Gasteiger partial charge in [0.2, 0.25) is 0 Å². The first-order valence-electron chi connectivity index (χ1n) is 5.13. The van der Waals surface area contributed by atoms with Gasteiger partial charge in [-0.25, -0.2) is 9.97 Å². The summed E-state index contributed by atoms with van der Waals surface area (Å²) in [5.74, 6) is 0.117. The molecule has 0 unspecified atom stereocenters. The van der Waals surface area contributed by atoms with E-state index in [1.807, 2.05) is 31.2 Å². The van der Waals surface area contributed by atoms with Gasteiger partial charge in [-0.1, -0.05) is 30.7 Å². The number of aromatic nitrogens is 2. The van der Waals surface area contributed by atoms with Gasteiger partial charge < -0.3 is 0 Å². The molecule has 3 nitrogen and oxygen atoms in total. The van der Waals surface area contributed by atoms with Crippen molar-refractivity contribution in [3.8, 4) is 0 Å². The lowest BCUT2D eigenvalue weighted by Gasteiger charge is -2.03. The second-order valence-corrected chi connectivity index (χ2v) is 3.88. The lowest BCUT2D eigenvalue weighted by molar-refractivity contribution is -0.118. The molecule has 0 bridgehead atoms. The van der Waals surface area contributed by atoms with Crippen LogP contribution >= 0.6 is 11.6 Å². The molecule has 0 saturated heterocycles. The summed E-state index contributed by atoms with van der Waals surface area (Å²) in [6.07, 6.45) is 0.748. The number of Topliss-reactive ketones (excluding diaryl/α,β-unsaturated/α-hetero) is 1. The van der Waals surface area contributed by atoms with Crippen LogP contribution in [0.5, 0.6) is 0 Å². The molecule has 1 aromatic heterocycles. The van der Waals surface area contributed by atoms with Gasteiger partial charge >= 0.3 is 0 Å². The Morgan fingerprint density at radius 2 is 1.88 bits per heavy atom. The van der Waals surface area contributed by atoms with E-state index in [0.717, 1.165) is 11.0 Å². The minimum atomic E-state index is 0.117. The predicted octanol–water partition coefficient (Wildman–Crippen LogP) is 2.80. The molecule has 0 amide bonds. The lowest BCUT2D eigenvalue weighted by Crippen LogP contribution is -2.04. The third-order valence-electron chi connectivity index (χ3n) is 2.35. The highest BCUT2D eigenvalue weighted by molar-refractivity contribution is 6.30. The van der Waals surface area contributed by atoms with Crippen LogP contribution in [0, 0.1) is 0 Å². The Balaban J connectivity index is 2.46. The van der Waals surface area contributed by atoms with E-state index >= 15 is 0 Å². The van der Waals surface area contributed by atoms with Gasteiger partial charge in [-0.2, -0.15) is 0 Å². The maximum atomic E-state index is 11.3. The van der Waals surface area contributed by atoms with Crippen molar-refractivity contribution in [1.29, 1.82) is 0 Å². The van der Waals surface area contributed by atoms with Gasteiger partial charge in [-0.15, -0.1) is 0 Å². The average Bonchev–Trinajstić information content (AvgIpc) is 2.30. The largest absolute Gasteiger partial charge is 0.299 e. The number of halogens is 1. The Morgan fingerprint density at radius 3 is 2.50 bits per heavy atom. The Kier molecular flexibility index (Phi) is 3.15. The molecule has 2 rings (SSSR count). The second kappa shape index (κ2) is 4.58. The van der Waals surface area contributed by atoms with Gasteiger partial charge in [0.1, 0.15) is 5.78 Å². The molecule has 82 valence electrons. The number of hydrogen-bond donors (Lipinski definition) is 0. The van der Waals surface area contributed by atoms with E-state index in [-0.39, 0.29) is 12.2 Å². The highest BCUT2D eigenvalue weighted by Crippen LogP contribution is 2.17. The first-order chi connectivity index (χ1) is 7.70. The third kappa shape index (κ3) is 2.19. The molecule has 0 N–H and O–H groups in total. The highest BCUT2D eigenvalue weighted by Gasteiger charge is 2.09. The minimum absolute atomic E-state index is 0.117. The van der Waals surface area contributed by atoms with E-state index in [0.29, 0.717) is 17.3 Å². The molecule has 4 heteroatoms. The fraction of sp³-hybridized carbons (Fsp3) is 0.250. The van der Waals surface area contributed by atoms with Crippen LogP contribution in [0.1, 0.15) is 19.0 Å². The zero-order valence-electron chi connectivity index (χ0n) is 8.90. The maximum Gasteiger partial charge on any atom is 0.151 e. The third-order valence-corrected chi connectivity index (χ3v) is 2.66. The van der Waals surface area contributed by atoms with Crippen LogP contribution in [-0.4, -0.2) is 15.8 Å². The number of para-hydroxylation sites is 2. The van der Waals surface area contributed by atoms with E-state index in [1.54, 1.807) is 0 Å². The zero-order valence-corrected chi connectivity index (χ0v) is 9.66. The summed E-state index contributed by atoms with van der Waals surface area (Å²) in [4.78, 5) is 19.9. The number of benzene rings is 1. The van der Waals surface area contributed by atoms with Crippen LogP contribution in [0.15, 0.2) is 24.3 Å². The second-order valence-electron chi connectivity index (χ2n) is 3.52. The van der Waals surface area contributed by atoms with E-state index in [9.17, 15) is 4.79 Å². The smallest absolute Gasteiger partial charge is 0.151 e. The molecule has 0 radical (unpaired) electrons. The molecule has 16 heavy (non-hydrogen) atoms. The van der Waals surface area contributed by atoms with Crippen molar-refractivity contribution < 1.29 is 4.79 Å². The molecule has 0 spiro atoms. The number of fused-ring (bicyclic) bond motifs is 1. The summed E-state index contributed by atoms with van der Waals surface area (Å²) in [6, 6.07) is 7.47. The average molecular weight is 235 g/mol. The van der Waals surface area contributed by atoms with Gasteiger partial charge in [0.05, 0.1) is 23.1 Å². The Hall–Kier alpha value is -1.48. The summed E-state index contributed by atoms with van der Waals surface area (Å²) in [5.41, 5.74) is 2.08. The van der Waals surface area contributed by atoms with Gasteiger partial charge in [-0.05, 0) is 12.1 Å². The molecule has 1 aromatic carbocycles. The normalized spacial score (nSPS) is 10.6. The van der Waals surface area contributed by atoms with Crippen molar-refractivity contribution in [2.45, 2.75) is 19.8 Å². The van der Waals surface area contributed by atoms with Gasteiger partial charge in [-0.3, -0.25) is 4.79 Å². The van der Waals surface area contributed by atoms with Gasteiger partial charge in [0, 0.05) is 6.42 Å². The SMILES string of the molecule is CCC(=O)Cc1nc2ccccc2nc1Cl. The minimum Gasteiger partial charge on any atom is -0.299 e. The van der Waals surface area contributed by atoms with Crippen molar-refractivity contribution in [3.05, 3.63) is 35.1 Å². The van der Waals surface area contributed by atoms with E-state index < -0.39 is 0 Å². The van der Waals surface area contributed by atoms with Crippen molar-refractivity contribution in [3.63, 3.8) is 0 Å². The fourth-order valence-electron chi connectivity index (χ4n) is 1.44. The number of carbonyl (C=O) groups is 1. The predicted molar refractivity (Wildman–Crippen MR) is 63.6 cm³/mol. The quantitative estimate of drug-likeness (QED) is 0.820. The van der Waals surface area contributed by atoms with Crippen LogP contribution in [0.4, 0.5) is 0 Å². The van der Waals surface area contributed by atoms with E-state index in [2.05, 4.69) is 9.97 Å². The Morgan fingerprint density at radius 1 is 1.25 bits per heavy atom. The van der Waals surface area contributed by atoms with Crippen LogP contribution in [0.3, 0.4) is 0 Å². The molecule has 0 fully saturated rings. The first kappa shape index (κ1) is 11.0. The van der Waals surface area contributed by atoms with Crippen LogP contribution in [0.25, 0.3) is 11.0 Å². The fourth-order valence-corrected chi connectivity index (χ4v) is 1.64. The van der Waals surface area contributed by atoms with Crippen LogP contribution < -0.4 is 0 Å². The topological polar surface area (TPSA) is 42.9 Å². The molecule has 0 saturated carbocycles. The molecule has 0 aliphatic heterocycles. The Bertz CT molecular complexity index is 540. The van der Waals surface area contributed by atoms with Crippen molar-refractivity contribution in [1.82, 2.24) is 9.97 Å². The van der Waals surface area contributed by atoms with E-state index in [4.69, 9.17) is 11.6 Å². The number of ketones is 1. The summed E-state index contributed by atoms with van der Waals surface area (Å²) in [7, 11) is 0. The molecule has 2 aromatic rings. The first-order valence-corrected chi connectivity index (χ1v) is 5.51. The molecule has 1 heterocycles. The monoisotopic (exact) mass is 234 g/mol. The van der Waals surface area contributed by atoms with E-state index in [1.165, 1.54) is 0 Å². The van der Waals surface area contributed by atoms with Crippen molar-refractivity contribution in [2.24, 2.45) is 0 Å². The summed E-state index contributed by atoms with van der Waals surface area (Å²) >= 11 is 5.98. The summed E-state index contributed by atoms with van der Waals surface area (Å²) < 4.78 is 0. The Labute approximate surface area is 98.5 Å².